The molecule has 0 spiro atoms. The fraction of sp³-hybridized carbons (Fsp3) is 0.667. The Hall–Kier alpha value is -2.75. The van der Waals surface area contributed by atoms with Gasteiger partial charge < -0.3 is 25.0 Å². The van der Waals surface area contributed by atoms with Crippen molar-refractivity contribution < 1.29 is 28.7 Å². The van der Waals surface area contributed by atoms with E-state index in [2.05, 4.69) is 10.6 Å². The lowest BCUT2D eigenvalue weighted by Gasteiger charge is -2.44. The van der Waals surface area contributed by atoms with Gasteiger partial charge in [-0.2, -0.15) is 11.8 Å². The molecule has 0 saturated carbocycles. The van der Waals surface area contributed by atoms with Gasteiger partial charge in [0.2, 0.25) is 11.8 Å². The van der Waals surface area contributed by atoms with E-state index in [4.69, 9.17) is 9.47 Å². The van der Waals surface area contributed by atoms with Gasteiger partial charge in [-0.25, -0.2) is 4.79 Å². The number of hydrogen-bond donors (Lipinski definition) is 2. The van der Waals surface area contributed by atoms with Crippen LogP contribution in [-0.2, 0) is 23.9 Å². The molecule has 2 N–H and O–H groups in total. The summed E-state index contributed by atoms with van der Waals surface area (Å²) in [5.74, 6) is -0.584. The van der Waals surface area contributed by atoms with E-state index in [0.29, 0.717) is 24.2 Å². The third kappa shape index (κ3) is 11.4. The summed E-state index contributed by atoms with van der Waals surface area (Å²) in [6.45, 7) is 17.0. The number of carbonyl (C=O) groups is 4. The van der Waals surface area contributed by atoms with Crippen molar-refractivity contribution in [2.75, 3.05) is 25.2 Å². The molecule has 2 unspecified atom stereocenters. The molecule has 2 atom stereocenters. The highest BCUT2D eigenvalue weighted by Crippen LogP contribution is 2.33. The van der Waals surface area contributed by atoms with Gasteiger partial charge in [0.25, 0.3) is 0 Å². The van der Waals surface area contributed by atoms with Crippen molar-refractivity contribution in [2.45, 2.75) is 105 Å². The van der Waals surface area contributed by atoms with Crippen molar-refractivity contribution in [3.05, 3.63) is 34.9 Å². The maximum atomic E-state index is 14.4. The Morgan fingerprint density at radius 3 is 2.10 bits per heavy atom. The molecule has 40 heavy (non-hydrogen) atoms. The van der Waals surface area contributed by atoms with Crippen molar-refractivity contribution in [3.63, 3.8) is 0 Å². The number of aryl methyl sites for hydroxylation is 2. The smallest absolute Gasteiger partial charge is 0.408 e. The van der Waals surface area contributed by atoms with Crippen molar-refractivity contribution in [1.29, 1.82) is 0 Å². The molecule has 10 heteroatoms. The zero-order chi connectivity index (χ0) is 30.7. The van der Waals surface area contributed by atoms with E-state index in [9.17, 15) is 19.2 Å². The van der Waals surface area contributed by atoms with Crippen molar-refractivity contribution >= 4 is 35.6 Å². The quantitative estimate of drug-likeness (QED) is 0.296. The van der Waals surface area contributed by atoms with Gasteiger partial charge in [-0.15, -0.1) is 0 Å². The summed E-state index contributed by atoms with van der Waals surface area (Å²) in [6, 6.07) is 3.88. The number of benzene rings is 1. The van der Waals surface area contributed by atoms with Crippen LogP contribution in [0.3, 0.4) is 0 Å². The van der Waals surface area contributed by atoms with Crippen LogP contribution in [-0.4, -0.2) is 71.1 Å². The summed E-state index contributed by atoms with van der Waals surface area (Å²) in [5, 5.41) is 5.61. The topological polar surface area (TPSA) is 114 Å². The van der Waals surface area contributed by atoms with Crippen LogP contribution in [0.15, 0.2) is 18.2 Å². The first-order chi connectivity index (χ1) is 18.6. The summed E-state index contributed by atoms with van der Waals surface area (Å²) in [6.07, 6.45) is 2.17. The van der Waals surface area contributed by atoms with Gasteiger partial charge in [-0.1, -0.05) is 36.2 Å². The average molecular weight is 580 g/mol. The predicted molar refractivity (Wildman–Crippen MR) is 160 cm³/mol. The highest BCUT2D eigenvalue weighted by atomic mass is 32.2. The second-order valence-electron chi connectivity index (χ2n) is 11.5. The summed E-state index contributed by atoms with van der Waals surface area (Å²) in [7, 11) is 0. The van der Waals surface area contributed by atoms with Gasteiger partial charge in [-0.3, -0.25) is 14.4 Å². The number of carbonyl (C=O) groups excluding carboxylic acids is 4. The molecular formula is C30H49N3O6S. The summed E-state index contributed by atoms with van der Waals surface area (Å²) in [4.78, 5) is 54.5. The van der Waals surface area contributed by atoms with Gasteiger partial charge >= 0.3 is 12.1 Å². The van der Waals surface area contributed by atoms with Crippen LogP contribution in [0, 0.1) is 13.8 Å². The van der Waals surface area contributed by atoms with Gasteiger partial charge in [0, 0.05) is 12.1 Å². The Balaban J connectivity index is 3.60. The molecule has 0 aliphatic heterocycles. The van der Waals surface area contributed by atoms with E-state index in [1.54, 1.807) is 44.4 Å². The fourth-order valence-electron chi connectivity index (χ4n) is 4.26. The maximum absolute atomic E-state index is 14.4. The van der Waals surface area contributed by atoms with Gasteiger partial charge in [0.05, 0.1) is 13.0 Å². The SMILES string of the molecule is CCOC(=O)CCNC(=O)C(c1cc(C)cc(C)c1)N(C(=O)C(CCSC)NC(=O)OC(C)(C)C)C(C)(C)CC. The zero-order valence-electron chi connectivity index (χ0n) is 25.9. The Labute approximate surface area is 244 Å². The predicted octanol–water partition coefficient (Wildman–Crippen LogP) is 5.08. The van der Waals surface area contributed by atoms with Crippen LogP contribution >= 0.6 is 11.8 Å². The first kappa shape index (κ1) is 35.3. The normalized spacial score (nSPS) is 13.2. The van der Waals surface area contributed by atoms with Crippen LogP contribution in [0.4, 0.5) is 4.79 Å². The first-order valence-electron chi connectivity index (χ1n) is 13.9. The molecule has 0 bridgehead atoms. The van der Waals surface area contributed by atoms with E-state index < -0.39 is 41.2 Å². The number of ether oxygens (including phenoxy) is 2. The number of nitrogens with one attached hydrogen (secondary N) is 2. The second-order valence-corrected chi connectivity index (χ2v) is 12.5. The highest BCUT2D eigenvalue weighted by molar-refractivity contribution is 7.98. The van der Waals surface area contributed by atoms with Gasteiger partial charge in [0.1, 0.15) is 17.7 Å². The number of rotatable bonds is 14. The Morgan fingerprint density at radius 1 is 1.00 bits per heavy atom. The minimum Gasteiger partial charge on any atom is -0.466 e. The van der Waals surface area contributed by atoms with E-state index in [0.717, 1.165) is 11.1 Å². The molecule has 3 amide bonds. The van der Waals surface area contributed by atoms with Crippen molar-refractivity contribution in [1.82, 2.24) is 15.5 Å². The van der Waals surface area contributed by atoms with Crippen LogP contribution in [0.25, 0.3) is 0 Å². The molecule has 0 saturated heterocycles. The van der Waals surface area contributed by atoms with Gasteiger partial charge in [0.15, 0.2) is 0 Å². The molecule has 1 aromatic carbocycles. The number of alkyl carbamates (subject to hydrolysis) is 1. The summed E-state index contributed by atoms with van der Waals surface area (Å²) in [5.41, 5.74) is 1.06. The third-order valence-corrected chi connectivity index (χ3v) is 7.00. The molecule has 9 nitrogen and oxygen atoms in total. The third-order valence-electron chi connectivity index (χ3n) is 6.35. The molecule has 226 valence electrons. The Morgan fingerprint density at radius 2 is 1.60 bits per heavy atom. The van der Waals surface area contributed by atoms with Gasteiger partial charge in [-0.05, 0) is 85.8 Å². The fourth-order valence-corrected chi connectivity index (χ4v) is 4.73. The van der Waals surface area contributed by atoms with E-state index in [1.165, 1.54) is 0 Å². The lowest BCUT2D eigenvalue weighted by molar-refractivity contribution is -0.149. The summed E-state index contributed by atoms with van der Waals surface area (Å²) >= 11 is 1.56. The minimum absolute atomic E-state index is 0.0147. The molecule has 0 aliphatic carbocycles. The number of esters is 1. The van der Waals surface area contributed by atoms with Crippen LogP contribution < -0.4 is 10.6 Å². The minimum atomic E-state index is -1.000. The molecule has 1 aromatic rings. The zero-order valence-corrected chi connectivity index (χ0v) is 26.8. The average Bonchev–Trinajstić information content (AvgIpc) is 2.82. The molecule has 0 aliphatic rings. The molecule has 1 rings (SSSR count). The standard InChI is InChI=1S/C30H49N3O6S/c1-11-30(8,9)33(27(36)23(14-16-40-10)32-28(37)39-29(5,6)7)25(22-18-20(3)17-21(4)19-22)26(35)31-15-13-24(34)38-12-2/h17-19,23,25H,11-16H2,1-10H3,(H,31,35)(H,32,37). The number of nitrogens with zero attached hydrogens (tertiary/aromatic N) is 1. The number of amides is 3. The van der Waals surface area contributed by atoms with E-state index in [1.807, 2.05) is 59.1 Å². The van der Waals surface area contributed by atoms with Crippen LogP contribution in [0.5, 0.6) is 0 Å². The molecule has 0 aromatic heterocycles. The lowest BCUT2D eigenvalue weighted by atomic mass is 9.90. The van der Waals surface area contributed by atoms with E-state index >= 15 is 0 Å². The van der Waals surface area contributed by atoms with Crippen molar-refractivity contribution in [3.8, 4) is 0 Å². The van der Waals surface area contributed by atoms with Crippen LogP contribution in [0.1, 0.15) is 90.5 Å². The maximum Gasteiger partial charge on any atom is 0.408 e. The molecule has 0 heterocycles. The molecular weight excluding hydrogens is 530 g/mol. The number of thioether (sulfide) groups is 1. The Kier molecular flexibility index (Phi) is 14.0. The lowest BCUT2D eigenvalue weighted by Crippen LogP contribution is -2.59. The highest BCUT2D eigenvalue weighted by Gasteiger charge is 2.43. The number of hydrogen-bond acceptors (Lipinski definition) is 7. The Bertz CT molecular complexity index is 1000. The molecule has 0 radical (unpaired) electrons. The van der Waals surface area contributed by atoms with Crippen molar-refractivity contribution in [2.24, 2.45) is 0 Å². The monoisotopic (exact) mass is 579 g/mol. The second kappa shape index (κ2) is 15.9. The van der Waals surface area contributed by atoms with E-state index in [-0.39, 0.29) is 25.5 Å². The van der Waals surface area contributed by atoms with Crippen LogP contribution in [0.2, 0.25) is 0 Å². The largest absolute Gasteiger partial charge is 0.466 e. The first-order valence-corrected chi connectivity index (χ1v) is 15.3. The molecule has 0 fully saturated rings. The summed E-state index contributed by atoms with van der Waals surface area (Å²) < 4.78 is 10.4.